The molecule has 0 spiro atoms. The highest BCUT2D eigenvalue weighted by atomic mass is 16.5. The van der Waals surface area contributed by atoms with Gasteiger partial charge in [0.05, 0.1) is 17.1 Å². The van der Waals surface area contributed by atoms with Gasteiger partial charge in [-0.3, -0.25) is 0 Å². The number of nitrogens with zero attached hydrogens (tertiary/aromatic N) is 1. The predicted octanol–water partition coefficient (Wildman–Crippen LogP) is 8.48. The Bertz CT molecular complexity index is 2010. The maximum Gasteiger partial charge on any atom is 0.260 e. The zero-order chi connectivity index (χ0) is 30.2. The maximum atomic E-state index is 6.97. The van der Waals surface area contributed by atoms with Crippen LogP contribution in [0.25, 0.3) is 0 Å². The fourth-order valence-electron chi connectivity index (χ4n) is 8.97. The lowest BCUT2D eigenvalue weighted by atomic mass is 9.34. The lowest BCUT2D eigenvalue weighted by Gasteiger charge is -2.42. The van der Waals surface area contributed by atoms with Gasteiger partial charge in [0, 0.05) is 23.0 Å². The number of rotatable bonds is 1. The first-order chi connectivity index (χ1) is 21.0. The molecular weight excluding hydrogens is 537 g/mol. The monoisotopic (exact) mass is 573 g/mol. The van der Waals surface area contributed by atoms with Crippen molar-refractivity contribution in [3.63, 3.8) is 0 Å². The first-order valence-corrected chi connectivity index (χ1v) is 15.9. The van der Waals surface area contributed by atoms with Crippen molar-refractivity contribution in [3.8, 4) is 23.0 Å². The maximum absolute atomic E-state index is 6.97. The third kappa shape index (κ3) is 3.34. The number of para-hydroxylation sites is 3. The standard InChI is InChI=1S/C40H36BNO2/c1-38(2)23-39(3,4)28-22-34-30(21-27(28)38)41-29-15-9-12-18-33(29)43-35-19-24(20-36(44-34)37(35)41)42-31-16-10-7-13-25(31)40(5,6)26-14-8-11-17-32(26)42/h7-22H,23H2,1-6H3. The topological polar surface area (TPSA) is 21.7 Å². The van der Waals surface area contributed by atoms with Crippen LogP contribution in [-0.2, 0) is 16.2 Å². The predicted molar refractivity (Wildman–Crippen MR) is 182 cm³/mol. The van der Waals surface area contributed by atoms with Gasteiger partial charge in [-0.25, -0.2) is 0 Å². The quantitative estimate of drug-likeness (QED) is 0.184. The average Bonchev–Trinajstić information content (AvgIpc) is 3.18. The molecule has 4 aliphatic rings. The summed E-state index contributed by atoms with van der Waals surface area (Å²) in [5.74, 6) is 3.63. The molecule has 216 valence electrons. The van der Waals surface area contributed by atoms with Gasteiger partial charge in [0.2, 0.25) is 0 Å². The zero-order valence-corrected chi connectivity index (χ0v) is 26.3. The number of hydrogen-bond donors (Lipinski definition) is 0. The van der Waals surface area contributed by atoms with Crippen LogP contribution in [0.3, 0.4) is 0 Å². The lowest BCUT2D eigenvalue weighted by Crippen LogP contribution is -2.57. The minimum Gasteiger partial charge on any atom is -0.458 e. The Balaban J connectivity index is 1.29. The zero-order valence-electron chi connectivity index (χ0n) is 26.3. The van der Waals surface area contributed by atoms with E-state index in [1.165, 1.54) is 44.6 Å². The number of anilines is 3. The van der Waals surface area contributed by atoms with E-state index in [-0.39, 0.29) is 23.0 Å². The Labute approximate surface area is 260 Å². The Morgan fingerprint density at radius 2 is 1.09 bits per heavy atom. The highest BCUT2D eigenvalue weighted by molar-refractivity contribution is 6.98. The van der Waals surface area contributed by atoms with Crippen LogP contribution < -0.4 is 30.8 Å². The van der Waals surface area contributed by atoms with E-state index in [0.29, 0.717) is 0 Å². The van der Waals surface area contributed by atoms with Crippen molar-refractivity contribution in [1.82, 2.24) is 0 Å². The molecule has 0 saturated heterocycles. The summed E-state index contributed by atoms with van der Waals surface area (Å²) in [7, 11) is 0. The molecule has 3 aliphatic heterocycles. The summed E-state index contributed by atoms with van der Waals surface area (Å²) in [6.07, 6.45) is 1.12. The second-order valence-electron chi connectivity index (χ2n) is 14.9. The number of hydrogen-bond acceptors (Lipinski definition) is 3. The summed E-state index contributed by atoms with van der Waals surface area (Å²) in [4.78, 5) is 2.39. The summed E-state index contributed by atoms with van der Waals surface area (Å²) in [6, 6.07) is 35.4. The van der Waals surface area contributed by atoms with Gasteiger partial charge < -0.3 is 14.4 Å². The first-order valence-electron chi connectivity index (χ1n) is 15.9. The smallest absolute Gasteiger partial charge is 0.260 e. The van der Waals surface area contributed by atoms with Crippen molar-refractivity contribution >= 4 is 40.2 Å². The van der Waals surface area contributed by atoms with Gasteiger partial charge in [-0.15, -0.1) is 0 Å². The molecule has 5 aromatic rings. The SMILES string of the molecule is CC1(C)CC(C)(C)c2cc3c(cc21)Oc1cc(N2c4ccccc4C(C)(C)c4ccccc42)cc2c1B3c1ccccc1O2. The molecule has 0 amide bonds. The third-order valence-corrected chi connectivity index (χ3v) is 10.7. The highest BCUT2D eigenvalue weighted by Gasteiger charge is 2.47. The molecule has 3 nitrogen and oxygen atoms in total. The summed E-state index contributed by atoms with van der Waals surface area (Å²) < 4.78 is 13.7. The van der Waals surface area contributed by atoms with E-state index in [9.17, 15) is 0 Å². The van der Waals surface area contributed by atoms with Gasteiger partial charge >= 0.3 is 0 Å². The van der Waals surface area contributed by atoms with Crippen molar-refractivity contribution in [2.45, 2.75) is 64.2 Å². The molecule has 3 heterocycles. The molecule has 44 heavy (non-hydrogen) atoms. The molecule has 0 unspecified atom stereocenters. The van der Waals surface area contributed by atoms with Crippen molar-refractivity contribution in [1.29, 1.82) is 0 Å². The van der Waals surface area contributed by atoms with Gasteiger partial charge in [0.15, 0.2) is 0 Å². The largest absolute Gasteiger partial charge is 0.458 e. The van der Waals surface area contributed by atoms with Gasteiger partial charge in [-0.2, -0.15) is 0 Å². The Kier molecular flexibility index (Phi) is 4.96. The van der Waals surface area contributed by atoms with Crippen molar-refractivity contribution in [2.24, 2.45) is 0 Å². The molecule has 0 atom stereocenters. The van der Waals surface area contributed by atoms with Crippen LogP contribution in [0, 0.1) is 0 Å². The normalized spacial score (nSPS) is 18.5. The van der Waals surface area contributed by atoms with Gasteiger partial charge in [-0.05, 0) is 74.7 Å². The minimum absolute atomic E-state index is 0.0485. The van der Waals surface area contributed by atoms with Crippen molar-refractivity contribution < 1.29 is 9.47 Å². The fourth-order valence-corrected chi connectivity index (χ4v) is 8.97. The molecule has 0 saturated carbocycles. The molecule has 0 N–H and O–H groups in total. The van der Waals surface area contributed by atoms with Crippen LogP contribution in [0.2, 0.25) is 0 Å². The van der Waals surface area contributed by atoms with Gasteiger partial charge in [0.25, 0.3) is 6.71 Å². The van der Waals surface area contributed by atoms with Crippen LogP contribution in [0.4, 0.5) is 17.1 Å². The molecular formula is C40H36BNO2. The molecule has 9 rings (SSSR count). The molecule has 4 heteroatoms. The number of fused-ring (bicyclic) bond motifs is 7. The van der Waals surface area contributed by atoms with Crippen LogP contribution in [0.5, 0.6) is 23.0 Å². The van der Waals surface area contributed by atoms with E-state index in [1.54, 1.807) is 0 Å². The molecule has 0 bridgehead atoms. The number of ether oxygens (including phenoxy) is 2. The van der Waals surface area contributed by atoms with E-state index in [4.69, 9.17) is 9.47 Å². The number of benzene rings is 5. The Morgan fingerprint density at radius 1 is 0.545 bits per heavy atom. The van der Waals surface area contributed by atoms with E-state index < -0.39 is 0 Å². The average molecular weight is 574 g/mol. The van der Waals surface area contributed by atoms with E-state index in [2.05, 4.69) is 144 Å². The third-order valence-electron chi connectivity index (χ3n) is 10.7. The Morgan fingerprint density at radius 3 is 1.75 bits per heavy atom. The van der Waals surface area contributed by atoms with Crippen molar-refractivity contribution in [3.05, 3.63) is 119 Å². The summed E-state index contributed by atoms with van der Waals surface area (Å²) in [5.41, 5.74) is 12.5. The van der Waals surface area contributed by atoms with E-state index in [0.717, 1.165) is 40.6 Å². The summed E-state index contributed by atoms with van der Waals surface area (Å²) in [5, 5.41) is 0. The molecule has 0 aromatic heterocycles. The van der Waals surface area contributed by atoms with Gasteiger partial charge in [0.1, 0.15) is 23.0 Å². The highest BCUT2D eigenvalue weighted by Crippen LogP contribution is 2.54. The van der Waals surface area contributed by atoms with Gasteiger partial charge in [-0.1, -0.05) is 102 Å². The van der Waals surface area contributed by atoms with Crippen molar-refractivity contribution in [2.75, 3.05) is 4.90 Å². The molecule has 1 aliphatic carbocycles. The summed E-state index contributed by atoms with van der Waals surface area (Å²) in [6.45, 7) is 14.2. The second kappa shape index (κ2) is 8.38. The van der Waals surface area contributed by atoms with E-state index in [1.807, 2.05) is 0 Å². The summed E-state index contributed by atoms with van der Waals surface area (Å²) >= 11 is 0. The fraction of sp³-hybridized carbons (Fsp3) is 0.250. The molecule has 0 fully saturated rings. The van der Waals surface area contributed by atoms with Crippen LogP contribution in [-0.4, -0.2) is 6.71 Å². The second-order valence-corrected chi connectivity index (χ2v) is 14.9. The molecule has 0 radical (unpaired) electrons. The first kappa shape index (κ1) is 26.0. The van der Waals surface area contributed by atoms with Crippen LogP contribution in [0.1, 0.15) is 70.2 Å². The van der Waals surface area contributed by atoms with Crippen LogP contribution >= 0.6 is 0 Å². The lowest BCUT2D eigenvalue weighted by molar-refractivity contribution is 0.402. The minimum atomic E-state index is -0.122. The van der Waals surface area contributed by atoms with Crippen LogP contribution in [0.15, 0.2) is 97.1 Å². The van der Waals surface area contributed by atoms with E-state index >= 15 is 0 Å². The molecule has 5 aromatic carbocycles. The Hall–Kier alpha value is -4.44.